The lowest BCUT2D eigenvalue weighted by Gasteiger charge is -2.02. The monoisotopic (exact) mass is 184 g/mol. The molecule has 1 saturated carbocycles. The lowest BCUT2D eigenvalue weighted by atomic mass is 10.3. The van der Waals surface area contributed by atoms with Crippen molar-refractivity contribution in [3.63, 3.8) is 0 Å². The number of ether oxygens (including phenoxy) is 1. The van der Waals surface area contributed by atoms with E-state index in [2.05, 4.69) is 10.2 Å². The van der Waals surface area contributed by atoms with Crippen molar-refractivity contribution in [1.29, 1.82) is 0 Å². The number of rotatable bonds is 2. The average molecular weight is 185 g/mol. The normalized spacial score (nSPS) is 16.2. The minimum Gasteiger partial charge on any atom is -0.493 e. The third-order valence-corrected chi connectivity index (χ3v) is 2.21. The topological polar surface area (TPSA) is 35.0 Å². The minimum atomic E-state index is 0.335. The van der Waals surface area contributed by atoms with Crippen molar-refractivity contribution in [3.8, 4) is 5.75 Å². The summed E-state index contributed by atoms with van der Waals surface area (Å²) in [6, 6.07) is 1.87. The van der Waals surface area contributed by atoms with Crippen LogP contribution < -0.4 is 4.74 Å². The van der Waals surface area contributed by atoms with Crippen LogP contribution in [0.4, 0.5) is 0 Å². The summed E-state index contributed by atoms with van der Waals surface area (Å²) in [6.45, 7) is 0. The Morgan fingerprint density at radius 1 is 1.50 bits per heavy atom. The van der Waals surface area contributed by atoms with Crippen molar-refractivity contribution in [2.75, 3.05) is 7.11 Å². The number of methoxy groups -OCH3 is 1. The minimum absolute atomic E-state index is 0.335. The van der Waals surface area contributed by atoms with E-state index in [0.29, 0.717) is 16.8 Å². The molecular weight excluding hydrogens is 176 g/mol. The maximum atomic E-state index is 5.72. The lowest BCUT2D eigenvalue weighted by Crippen LogP contribution is -1.94. The van der Waals surface area contributed by atoms with Crippen LogP contribution in [0.3, 0.4) is 0 Å². The van der Waals surface area contributed by atoms with Crippen LogP contribution in [-0.2, 0) is 0 Å². The molecule has 1 fully saturated rings. The Labute approximate surface area is 75.7 Å². The first-order chi connectivity index (χ1) is 5.81. The van der Waals surface area contributed by atoms with Gasteiger partial charge >= 0.3 is 0 Å². The lowest BCUT2D eigenvalue weighted by molar-refractivity contribution is 0.411. The van der Waals surface area contributed by atoms with E-state index in [1.807, 2.05) is 6.07 Å². The molecule has 1 aliphatic rings. The number of halogens is 1. The van der Waals surface area contributed by atoms with Crippen molar-refractivity contribution in [1.82, 2.24) is 10.2 Å². The van der Waals surface area contributed by atoms with E-state index in [4.69, 9.17) is 16.3 Å². The van der Waals surface area contributed by atoms with E-state index in [-0.39, 0.29) is 0 Å². The first-order valence-electron chi connectivity index (χ1n) is 3.88. The standard InChI is InChI=1S/C8H9ClN2O/c1-12-7-4-6(5-2-3-5)10-11-8(7)9/h4-5H,2-3H2,1H3. The fourth-order valence-electron chi connectivity index (χ4n) is 1.10. The van der Waals surface area contributed by atoms with E-state index in [9.17, 15) is 0 Å². The highest BCUT2D eigenvalue weighted by molar-refractivity contribution is 6.30. The zero-order chi connectivity index (χ0) is 8.55. The van der Waals surface area contributed by atoms with Crippen molar-refractivity contribution >= 4 is 11.6 Å². The molecule has 0 aliphatic heterocycles. The Bertz CT molecular complexity index is 299. The molecule has 0 atom stereocenters. The second-order valence-electron chi connectivity index (χ2n) is 2.90. The van der Waals surface area contributed by atoms with Gasteiger partial charge in [-0.05, 0) is 12.8 Å². The van der Waals surface area contributed by atoms with Gasteiger partial charge in [0.1, 0.15) is 0 Å². The number of nitrogens with zero attached hydrogens (tertiary/aromatic N) is 2. The van der Waals surface area contributed by atoms with Gasteiger partial charge in [0.05, 0.1) is 12.8 Å². The molecule has 0 amide bonds. The van der Waals surface area contributed by atoms with Gasteiger partial charge in [0.15, 0.2) is 10.9 Å². The van der Waals surface area contributed by atoms with Gasteiger partial charge in [0, 0.05) is 12.0 Å². The fraction of sp³-hybridized carbons (Fsp3) is 0.500. The first-order valence-corrected chi connectivity index (χ1v) is 4.26. The van der Waals surface area contributed by atoms with Crippen LogP contribution in [0.1, 0.15) is 24.5 Å². The maximum Gasteiger partial charge on any atom is 0.193 e. The van der Waals surface area contributed by atoms with Crippen LogP contribution in [0.15, 0.2) is 6.07 Å². The highest BCUT2D eigenvalue weighted by Gasteiger charge is 2.26. The van der Waals surface area contributed by atoms with E-state index < -0.39 is 0 Å². The third kappa shape index (κ3) is 1.37. The molecule has 0 radical (unpaired) electrons. The second-order valence-corrected chi connectivity index (χ2v) is 3.26. The highest BCUT2D eigenvalue weighted by Crippen LogP contribution is 2.40. The molecule has 3 nitrogen and oxygen atoms in total. The molecule has 1 aliphatic carbocycles. The van der Waals surface area contributed by atoms with Crippen LogP contribution in [0.5, 0.6) is 5.75 Å². The Morgan fingerprint density at radius 2 is 2.25 bits per heavy atom. The molecule has 0 N–H and O–H groups in total. The first kappa shape index (κ1) is 7.80. The number of aromatic nitrogens is 2. The van der Waals surface area contributed by atoms with Crippen LogP contribution in [-0.4, -0.2) is 17.3 Å². The quantitative estimate of drug-likeness (QED) is 0.706. The van der Waals surface area contributed by atoms with Gasteiger partial charge in [-0.25, -0.2) is 0 Å². The van der Waals surface area contributed by atoms with Crippen molar-refractivity contribution < 1.29 is 4.74 Å². The summed E-state index contributed by atoms with van der Waals surface area (Å²) in [4.78, 5) is 0. The van der Waals surface area contributed by atoms with Gasteiger partial charge < -0.3 is 4.74 Å². The zero-order valence-electron chi connectivity index (χ0n) is 6.75. The maximum absolute atomic E-state index is 5.72. The number of hydrogen-bond donors (Lipinski definition) is 0. The van der Waals surface area contributed by atoms with Crippen LogP contribution in [0.2, 0.25) is 5.15 Å². The molecule has 0 saturated heterocycles. The molecule has 0 aromatic carbocycles. The second kappa shape index (κ2) is 2.90. The van der Waals surface area contributed by atoms with E-state index in [0.717, 1.165) is 5.69 Å². The third-order valence-electron chi connectivity index (χ3n) is 1.95. The molecule has 0 bridgehead atoms. The highest BCUT2D eigenvalue weighted by atomic mass is 35.5. The number of hydrogen-bond acceptors (Lipinski definition) is 3. The molecule has 1 aromatic rings. The Hall–Kier alpha value is -0.830. The van der Waals surface area contributed by atoms with Gasteiger partial charge in [-0.1, -0.05) is 11.6 Å². The summed E-state index contributed by atoms with van der Waals surface area (Å²) < 4.78 is 5.03. The summed E-state index contributed by atoms with van der Waals surface area (Å²) in [6.07, 6.45) is 2.42. The molecule has 64 valence electrons. The average Bonchev–Trinajstić information content (AvgIpc) is 2.88. The Morgan fingerprint density at radius 3 is 2.83 bits per heavy atom. The summed E-state index contributed by atoms with van der Waals surface area (Å²) >= 11 is 5.72. The van der Waals surface area contributed by atoms with Crippen molar-refractivity contribution in [3.05, 3.63) is 16.9 Å². The molecule has 12 heavy (non-hydrogen) atoms. The van der Waals surface area contributed by atoms with Gasteiger partial charge in [0.2, 0.25) is 0 Å². The molecule has 0 unspecified atom stereocenters. The van der Waals surface area contributed by atoms with Crippen LogP contribution in [0, 0.1) is 0 Å². The predicted molar refractivity (Wildman–Crippen MR) is 45.6 cm³/mol. The molecule has 2 rings (SSSR count). The summed E-state index contributed by atoms with van der Waals surface area (Å²) in [5.41, 5.74) is 0.997. The molecule has 0 spiro atoms. The van der Waals surface area contributed by atoms with E-state index >= 15 is 0 Å². The molecule has 4 heteroatoms. The van der Waals surface area contributed by atoms with Gasteiger partial charge in [-0.2, -0.15) is 5.10 Å². The van der Waals surface area contributed by atoms with Crippen LogP contribution >= 0.6 is 11.6 Å². The smallest absolute Gasteiger partial charge is 0.193 e. The fourth-order valence-corrected chi connectivity index (χ4v) is 1.26. The predicted octanol–water partition coefficient (Wildman–Crippen LogP) is 2.02. The van der Waals surface area contributed by atoms with Crippen molar-refractivity contribution in [2.24, 2.45) is 0 Å². The summed E-state index contributed by atoms with van der Waals surface area (Å²) in [7, 11) is 1.58. The molecule has 1 heterocycles. The summed E-state index contributed by atoms with van der Waals surface area (Å²) in [5, 5.41) is 8.12. The van der Waals surface area contributed by atoms with E-state index in [1.165, 1.54) is 12.8 Å². The van der Waals surface area contributed by atoms with Gasteiger partial charge in [0.25, 0.3) is 0 Å². The van der Waals surface area contributed by atoms with Crippen LogP contribution in [0.25, 0.3) is 0 Å². The van der Waals surface area contributed by atoms with E-state index in [1.54, 1.807) is 7.11 Å². The van der Waals surface area contributed by atoms with Gasteiger partial charge in [-0.15, -0.1) is 5.10 Å². The Kier molecular flexibility index (Phi) is 1.89. The SMILES string of the molecule is COc1cc(C2CC2)nnc1Cl. The van der Waals surface area contributed by atoms with Gasteiger partial charge in [-0.3, -0.25) is 0 Å². The largest absolute Gasteiger partial charge is 0.493 e. The van der Waals surface area contributed by atoms with Crippen molar-refractivity contribution in [2.45, 2.75) is 18.8 Å². The molecule has 1 aromatic heterocycles. The Balaban J connectivity index is 2.33. The molecular formula is C8H9ClN2O. The summed E-state index contributed by atoms with van der Waals surface area (Å²) in [5.74, 6) is 1.21. The zero-order valence-corrected chi connectivity index (χ0v) is 7.51.